The molecule has 0 amide bonds. The Morgan fingerprint density at radius 2 is 2.14 bits per heavy atom. The zero-order chi connectivity index (χ0) is 15.5. The van der Waals surface area contributed by atoms with Crippen molar-refractivity contribution >= 4 is 19.7 Å². The maximum absolute atomic E-state index is 11.4. The van der Waals surface area contributed by atoms with Crippen LogP contribution in [0.15, 0.2) is 41.8 Å². The van der Waals surface area contributed by atoms with Gasteiger partial charge in [-0.2, -0.15) is 0 Å². The van der Waals surface area contributed by atoms with Crippen molar-refractivity contribution in [1.29, 1.82) is 0 Å². The van der Waals surface area contributed by atoms with E-state index in [4.69, 9.17) is 15.4 Å². The highest BCUT2D eigenvalue weighted by Gasteiger charge is 2.15. The Balaban J connectivity index is 2.15. The topological polar surface area (TPSA) is 61.2 Å². The number of hydrogen-bond donors (Lipinski definition) is 0. The van der Waals surface area contributed by atoms with Crippen LogP contribution >= 0.6 is 10.7 Å². The molecule has 0 aliphatic heterocycles. The SMILES string of the molecule is CC(C)c1cc(S(=O)(=O)Cl)ccc1OCCn1ccnc1. The largest absolute Gasteiger partial charge is 0.491 e. The molecule has 0 unspecified atom stereocenters. The minimum atomic E-state index is -3.73. The Hall–Kier alpha value is -1.53. The molecule has 0 aliphatic carbocycles. The lowest BCUT2D eigenvalue weighted by atomic mass is 10.0. The third-order valence-corrected chi connectivity index (χ3v) is 4.40. The molecule has 114 valence electrons. The van der Waals surface area contributed by atoms with Gasteiger partial charge in [0, 0.05) is 23.1 Å². The quantitative estimate of drug-likeness (QED) is 0.765. The summed E-state index contributed by atoms with van der Waals surface area (Å²) in [6.07, 6.45) is 5.28. The van der Waals surface area contributed by atoms with E-state index in [0.29, 0.717) is 18.9 Å². The molecule has 0 atom stereocenters. The second-order valence-corrected chi connectivity index (χ2v) is 7.51. The first-order valence-electron chi connectivity index (χ1n) is 6.55. The zero-order valence-electron chi connectivity index (χ0n) is 11.9. The van der Waals surface area contributed by atoms with Gasteiger partial charge in [-0.15, -0.1) is 0 Å². The van der Waals surface area contributed by atoms with E-state index >= 15 is 0 Å². The summed E-state index contributed by atoms with van der Waals surface area (Å²) in [7, 11) is 1.65. The third-order valence-electron chi connectivity index (χ3n) is 3.05. The van der Waals surface area contributed by atoms with Crippen LogP contribution in [0.1, 0.15) is 25.3 Å². The molecule has 7 heteroatoms. The van der Waals surface area contributed by atoms with Gasteiger partial charge < -0.3 is 9.30 Å². The predicted molar refractivity (Wildman–Crippen MR) is 81.3 cm³/mol. The van der Waals surface area contributed by atoms with Gasteiger partial charge in [0.05, 0.1) is 17.8 Å². The standard InChI is InChI=1S/C14H17ClN2O3S/c1-11(2)13-9-12(21(15,18)19)3-4-14(13)20-8-7-17-6-5-16-10-17/h3-6,9-11H,7-8H2,1-2H3. The van der Waals surface area contributed by atoms with E-state index in [1.165, 1.54) is 6.07 Å². The van der Waals surface area contributed by atoms with Crippen LogP contribution < -0.4 is 4.74 Å². The molecule has 1 aromatic carbocycles. The maximum atomic E-state index is 11.4. The van der Waals surface area contributed by atoms with Crippen LogP contribution in [0.4, 0.5) is 0 Å². The van der Waals surface area contributed by atoms with Gasteiger partial charge in [-0.25, -0.2) is 13.4 Å². The van der Waals surface area contributed by atoms with Crippen molar-refractivity contribution in [2.24, 2.45) is 0 Å². The predicted octanol–water partition coefficient (Wildman–Crippen LogP) is 3.01. The van der Waals surface area contributed by atoms with Gasteiger partial charge in [0.15, 0.2) is 0 Å². The maximum Gasteiger partial charge on any atom is 0.261 e. The van der Waals surface area contributed by atoms with Gasteiger partial charge in [-0.1, -0.05) is 13.8 Å². The first-order valence-corrected chi connectivity index (χ1v) is 8.86. The van der Waals surface area contributed by atoms with Gasteiger partial charge in [0.25, 0.3) is 9.05 Å². The molecule has 2 aromatic rings. The van der Waals surface area contributed by atoms with Crippen molar-refractivity contribution in [2.75, 3.05) is 6.61 Å². The van der Waals surface area contributed by atoms with E-state index < -0.39 is 9.05 Å². The summed E-state index contributed by atoms with van der Waals surface area (Å²) < 4.78 is 30.5. The molecule has 0 radical (unpaired) electrons. The number of rotatable bonds is 6. The van der Waals surface area contributed by atoms with E-state index in [1.54, 1.807) is 24.7 Å². The lowest BCUT2D eigenvalue weighted by molar-refractivity contribution is 0.294. The minimum absolute atomic E-state index is 0.0924. The minimum Gasteiger partial charge on any atom is -0.491 e. The van der Waals surface area contributed by atoms with E-state index in [2.05, 4.69) is 4.98 Å². The van der Waals surface area contributed by atoms with Crippen molar-refractivity contribution in [3.63, 3.8) is 0 Å². The van der Waals surface area contributed by atoms with E-state index in [-0.39, 0.29) is 10.8 Å². The number of hydrogen-bond acceptors (Lipinski definition) is 4. The Labute approximate surface area is 128 Å². The molecular formula is C14H17ClN2O3S. The number of halogens is 1. The third kappa shape index (κ3) is 4.22. The van der Waals surface area contributed by atoms with Gasteiger partial charge in [-0.3, -0.25) is 0 Å². The van der Waals surface area contributed by atoms with Crippen molar-refractivity contribution in [3.8, 4) is 5.75 Å². The normalized spacial score (nSPS) is 11.8. The summed E-state index contributed by atoms with van der Waals surface area (Å²) in [5.74, 6) is 0.806. The Morgan fingerprint density at radius 3 is 2.71 bits per heavy atom. The molecule has 0 aliphatic rings. The lowest BCUT2D eigenvalue weighted by Crippen LogP contribution is -2.08. The molecule has 0 N–H and O–H groups in total. The van der Waals surface area contributed by atoms with Crippen LogP contribution in [0.2, 0.25) is 0 Å². The van der Waals surface area contributed by atoms with Gasteiger partial charge in [-0.05, 0) is 29.7 Å². The fraction of sp³-hybridized carbons (Fsp3) is 0.357. The van der Waals surface area contributed by atoms with Crippen LogP contribution in [0.3, 0.4) is 0 Å². The smallest absolute Gasteiger partial charge is 0.261 e. The van der Waals surface area contributed by atoms with Crippen LogP contribution in [-0.4, -0.2) is 24.6 Å². The van der Waals surface area contributed by atoms with Crippen LogP contribution in [-0.2, 0) is 15.6 Å². The number of nitrogens with zero attached hydrogens (tertiary/aromatic N) is 2. The van der Waals surface area contributed by atoms with Crippen molar-refractivity contribution in [2.45, 2.75) is 31.2 Å². The van der Waals surface area contributed by atoms with Crippen molar-refractivity contribution in [3.05, 3.63) is 42.5 Å². The number of ether oxygens (including phenoxy) is 1. The highest BCUT2D eigenvalue weighted by atomic mass is 35.7. The lowest BCUT2D eigenvalue weighted by Gasteiger charge is -2.15. The summed E-state index contributed by atoms with van der Waals surface area (Å²) in [4.78, 5) is 4.05. The van der Waals surface area contributed by atoms with Gasteiger partial charge in [0.1, 0.15) is 12.4 Å². The summed E-state index contributed by atoms with van der Waals surface area (Å²) in [5, 5.41) is 0. The zero-order valence-corrected chi connectivity index (χ0v) is 13.4. The average Bonchev–Trinajstić information content (AvgIpc) is 2.90. The van der Waals surface area contributed by atoms with E-state index in [1.807, 2.05) is 24.6 Å². The van der Waals surface area contributed by atoms with Gasteiger partial charge >= 0.3 is 0 Å². The monoisotopic (exact) mass is 328 g/mol. The summed E-state index contributed by atoms with van der Waals surface area (Å²) in [6, 6.07) is 4.68. The molecule has 2 rings (SSSR count). The van der Waals surface area contributed by atoms with E-state index in [0.717, 1.165) is 5.56 Å². The highest BCUT2D eigenvalue weighted by Crippen LogP contribution is 2.30. The molecule has 0 saturated heterocycles. The molecule has 0 bridgehead atoms. The summed E-state index contributed by atoms with van der Waals surface area (Å²) >= 11 is 0. The molecule has 1 aromatic heterocycles. The molecular weight excluding hydrogens is 312 g/mol. The molecule has 0 spiro atoms. The van der Waals surface area contributed by atoms with Crippen LogP contribution in [0.5, 0.6) is 5.75 Å². The Morgan fingerprint density at radius 1 is 1.38 bits per heavy atom. The molecule has 0 saturated carbocycles. The fourth-order valence-corrected chi connectivity index (χ4v) is 2.73. The van der Waals surface area contributed by atoms with Crippen molar-refractivity contribution in [1.82, 2.24) is 9.55 Å². The number of imidazole rings is 1. The number of aromatic nitrogens is 2. The average molecular weight is 329 g/mol. The fourth-order valence-electron chi connectivity index (χ4n) is 1.94. The second kappa shape index (κ2) is 6.49. The van der Waals surface area contributed by atoms with Crippen molar-refractivity contribution < 1.29 is 13.2 Å². The first kappa shape index (κ1) is 15.9. The molecule has 0 fully saturated rings. The Bertz CT molecular complexity index is 697. The number of benzene rings is 1. The van der Waals surface area contributed by atoms with Crippen LogP contribution in [0, 0.1) is 0 Å². The Kier molecular flexibility index (Phi) is 4.90. The first-order chi connectivity index (χ1) is 9.88. The highest BCUT2D eigenvalue weighted by molar-refractivity contribution is 8.13. The summed E-state index contributed by atoms with van der Waals surface area (Å²) in [5.41, 5.74) is 0.822. The van der Waals surface area contributed by atoms with Gasteiger partial charge in [0.2, 0.25) is 0 Å². The van der Waals surface area contributed by atoms with Crippen LogP contribution in [0.25, 0.3) is 0 Å². The van der Waals surface area contributed by atoms with E-state index in [9.17, 15) is 8.42 Å². The second-order valence-electron chi connectivity index (χ2n) is 4.94. The molecule has 5 nitrogen and oxygen atoms in total. The molecule has 1 heterocycles. The molecule has 21 heavy (non-hydrogen) atoms. The summed E-state index contributed by atoms with van der Waals surface area (Å²) in [6.45, 7) is 5.10.